The van der Waals surface area contributed by atoms with Gasteiger partial charge in [-0.3, -0.25) is 0 Å². The molecule has 1 aliphatic heterocycles. The molecule has 2 aromatic rings. The molecule has 0 saturated carbocycles. The van der Waals surface area contributed by atoms with E-state index in [1.54, 1.807) is 6.92 Å². The highest BCUT2D eigenvalue weighted by Gasteiger charge is 2.25. The predicted molar refractivity (Wildman–Crippen MR) is 91.8 cm³/mol. The molecular formula is C18H15N2O2S-. The Morgan fingerprint density at radius 1 is 0.957 bits per heavy atom. The summed E-state index contributed by atoms with van der Waals surface area (Å²) < 4.78 is 0. The zero-order valence-electron chi connectivity index (χ0n) is 12.5. The topological polar surface area (TPSA) is 64.8 Å². The van der Waals surface area contributed by atoms with E-state index in [4.69, 9.17) is 0 Å². The molecule has 0 bridgehead atoms. The third kappa shape index (κ3) is 3.51. The Kier molecular flexibility index (Phi) is 4.57. The molecule has 3 rings (SSSR count). The number of nitrogens with zero attached hydrogens (tertiary/aromatic N) is 2. The van der Waals surface area contributed by atoms with Crippen LogP contribution in [0.15, 0.2) is 70.6 Å². The van der Waals surface area contributed by atoms with Crippen LogP contribution in [-0.4, -0.2) is 28.1 Å². The van der Waals surface area contributed by atoms with Gasteiger partial charge in [0, 0.05) is 16.4 Å². The third-order valence-electron chi connectivity index (χ3n) is 3.46. The third-order valence-corrected chi connectivity index (χ3v) is 4.51. The van der Waals surface area contributed by atoms with E-state index >= 15 is 0 Å². The highest BCUT2D eigenvalue weighted by Crippen LogP contribution is 2.27. The van der Waals surface area contributed by atoms with E-state index < -0.39 is 16.7 Å². The van der Waals surface area contributed by atoms with Crippen LogP contribution in [0.1, 0.15) is 18.1 Å². The maximum absolute atomic E-state index is 11.0. The quantitative estimate of drug-likeness (QED) is 0.847. The number of carbonyl (C=O) groups is 1. The first-order valence-corrected chi connectivity index (χ1v) is 8.22. The number of hydrogen-bond donors (Lipinski definition) is 0. The summed E-state index contributed by atoms with van der Waals surface area (Å²) in [4.78, 5) is 20.2. The summed E-state index contributed by atoms with van der Waals surface area (Å²) in [5.74, 6) is -1.10. The van der Waals surface area contributed by atoms with Gasteiger partial charge in [-0.1, -0.05) is 60.7 Å². The second-order valence-corrected chi connectivity index (χ2v) is 6.51. The van der Waals surface area contributed by atoms with Crippen molar-refractivity contribution >= 4 is 29.2 Å². The molecule has 2 aromatic carbocycles. The minimum absolute atomic E-state index is 0.465. The Hall–Kier alpha value is -2.40. The fourth-order valence-electron chi connectivity index (χ4n) is 2.29. The zero-order valence-corrected chi connectivity index (χ0v) is 13.4. The van der Waals surface area contributed by atoms with Crippen LogP contribution in [-0.2, 0) is 4.79 Å². The van der Waals surface area contributed by atoms with Crippen LogP contribution < -0.4 is 5.11 Å². The molecule has 1 aliphatic rings. The van der Waals surface area contributed by atoms with Gasteiger partial charge in [0.15, 0.2) is 5.50 Å². The van der Waals surface area contributed by atoms with Gasteiger partial charge < -0.3 is 9.90 Å². The molecule has 0 N–H and O–H groups in total. The van der Waals surface area contributed by atoms with E-state index in [1.807, 2.05) is 60.7 Å². The Morgan fingerprint density at radius 3 is 1.78 bits per heavy atom. The van der Waals surface area contributed by atoms with Gasteiger partial charge in [-0.25, -0.2) is 9.98 Å². The van der Waals surface area contributed by atoms with Crippen LogP contribution in [0.4, 0.5) is 0 Å². The lowest BCUT2D eigenvalue weighted by Crippen LogP contribution is -2.32. The number of aliphatic carboxylic acids is 1. The molecule has 0 aromatic heterocycles. The summed E-state index contributed by atoms with van der Waals surface area (Å²) in [5, 5.41) is 10.3. The number of aliphatic imine (C=N–C) groups is 2. The average Bonchev–Trinajstić information content (AvgIpc) is 3.00. The fourth-order valence-corrected chi connectivity index (χ4v) is 3.09. The van der Waals surface area contributed by atoms with Gasteiger partial charge in [-0.05, 0) is 6.92 Å². The minimum atomic E-state index is -1.10. The summed E-state index contributed by atoms with van der Waals surface area (Å²) in [6, 6.07) is 19.6. The van der Waals surface area contributed by atoms with Crippen LogP contribution in [0.2, 0.25) is 0 Å². The van der Waals surface area contributed by atoms with Gasteiger partial charge in [-0.2, -0.15) is 0 Å². The summed E-state index contributed by atoms with van der Waals surface area (Å²) in [6.45, 7) is 1.59. The Labute approximate surface area is 139 Å². The molecule has 0 aliphatic carbocycles. The van der Waals surface area contributed by atoms with Crippen LogP contribution in [0.25, 0.3) is 0 Å². The minimum Gasteiger partial charge on any atom is -0.549 e. The van der Waals surface area contributed by atoms with E-state index in [9.17, 15) is 9.90 Å². The monoisotopic (exact) mass is 323 g/mol. The molecule has 1 unspecified atom stereocenters. The van der Waals surface area contributed by atoms with Gasteiger partial charge in [-0.15, -0.1) is 11.8 Å². The molecule has 1 heterocycles. The van der Waals surface area contributed by atoms with Crippen LogP contribution in [0, 0.1) is 0 Å². The normalized spacial score (nSPS) is 15.9. The highest BCUT2D eigenvalue weighted by atomic mass is 32.2. The van der Waals surface area contributed by atoms with E-state index in [1.165, 1.54) is 11.8 Å². The number of carboxylic acid groups (broad SMARTS) is 1. The molecule has 0 saturated heterocycles. The van der Waals surface area contributed by atoms with E-state index in [0.29, 0.717) is 0 Å². The van der Waals surface area contributed by atoms with Crippen molar-refractivity contribution in [3.05, 3.63) is 71.8 Å². The van der Waals surface area contributed by atoms with Crippen molar-refractivity contribution < 1.29 is 9.90 Å². The van der Waals surface area contributed by atoms with Crippen molar-refractivity contribution in [2.45, 2.75) is 17.7 Å². The average molecular weight is 323 g/mol. The zero-order chi connectivity index (χ0) is 16.2. The van der Waals surface area contributed by atoms with E-state index in [2.05, 4.69) is 9.98 Å². The van der Waals surface area contributed by atoms with E-state index in [-0.39, 0.29) is 0 Å². The van der Waals surface area contributed by atoms with Crippen LogP contribution in [0.5, 0.6) is 0 Å². The van der Waals surface area contributed by atoms with Crippen molar-refractivity contribution in [3.63, 3.8) is 0 Å². The molecular weight excluding hydrogens is 308 g/mol. The van der Waals surface area contributed by atoms with Crippen molar-refractivity contribution in [1.82, 2.24) is 0 Å². The standard InChI is InChI=1S/C18H16N2O2S/c1-12(17(21)22)23-18-19-15(13-8-4-2-5-9-13)16(20-18)14-10-6-3-7-11-14/h2-12,18H,1H3,(H,21,22)/p-1. The maximum atomic E-state index is 11.0. The molecule has 0 spiro atoms. The van der Waals surface area contributed by atoms with Crippen molar-refractivity contribution in [2.75, 3.05) is 0 Å². The SMILES string of the molecule is CC(SC1N=C(c2ccccc2)C(c2ccccc2)=N1)C(=O)[O-]. The first kappa shape index (κ1) is 15.5. The first-order chi connectivity index (χ1) is 11.1. The fraction of sp³-hybridized carbons (Fsp3) is 0.167. The molecule has 116 valence electrons. The lowest BCUT2D eigenvalue weighted by Gasteiger charge is -2.13. The first-order valence-electron chi connectivity index (χ1n) is 7.28. The molecule has 0 amide bonds. The molecule has 0 radical (unpaired) electrons. The molecule has 4 nitrogen and oxygen atoms in total. The number of carbonyl (C=O) groups excluding carboxylic acids is 1. The molecule has 0 fully saturated rings. The molecule has 23 heavy (non-hydrogen) atoms. The van der Waals surface area contributed by atoms with Gasteiger partial charge >= 0.3 is 0 Å². The lowest BCUT2D eigenvalue weighted by atomic mass is 10.0. The highest BCUT2D eigenvalue weighted by molar-refractivity contribution is 8.01. The second-order valence-electron chi connectivity index (χ2n) is 5.11. The number of benzene rings is 2. The molecule has 1 atom stereocenters. The van der Waals surface area contributed by atoms with Crippen LogP contribution in [0.3, 0.4) is 0 Å². The smallest absolute Gasteiger partial charge is 0.188 e. The lowest BCUT2D eigenvalue weighted by molar-refractivity contribution is -0.304. The predicted octanol–water partition coefficient (Wildman–Crippen LogP) is 2.13. The second kappa shape index (κ2) is 6.79. The van der Waals surface area contributed by atoms with Crippen molar-refractivity contribution in [2.24, 2.45) is 9.98 Å². The van der Waals surface area contributed by atoms with Gasteiger partial charge in [0.25, 0.3) is 0 Å². The Bertz CT molecular complexity index is 702. The van der Waals surface area contributed by atoms with Gasteiger partial charge in [0.05, 0.1) is 17.4 Å². The van der Waals surface area contributed by atoms with Crippen molar-refractivity contribution in [1.29, 1.82) is 0 Å². The summed E-state index contributed by atoms with van der Waals surface area (Å²) in [7, 11) is 0. The van der Waals surface area contributed by atoms with Crippen LogP contribution >= 0.6 is 11.8 Å². The van der Waals surface area contributed by atoms with Crippen molar-refractivity contribution in [3.8, 4) is 0 Å². The summed E-state index contributed by atoms with van der Waals surface area (Å²) in [5.41, 5.74) is 3.06. The van der Waals surface area contributed by atoms with Gasteiger partial charge in [0.2, 0.25) is 0 Å². The number of rotatable bonds is 5. The Balaban J connectivity index is 1.97. The number of carboxylic acids is 1. The largest absolute Gasteiger partial charge is 0.549 e. The van der Waals surface area contributed by atoms with E-state index in [0.717, 1.165) is 22.6 Å². The maximum Gasteiger partial charge on any atom is 0.188 e. The Morgan fingerprint density at radius 2 is 1.39 bits per heavy atom. The number of hydrogen-bond acceptors (Lipinski definition) is 5. The number of thioether (sulfide) groups is 1. The van der Waals surface area contributed by atoms with Gasteiger partial charge in [0.1, 0.15) is 0 Å². The summed E-state index contributed by atoms with van der Waals surface area (Å²) >= 11 is 1.18. The molecule has 5 heteroatoms. The summed E-state index contributed by atoms with van der Waals surface area (Å²) in [6.07, 6.45) is 0.